The van der Waals surface area contributed by atoms with Crippen molar-refractivity contribution >= 4 is 43.2 Å². The fourth-order valence-electron chi connectivity index (χ4n) is 2.00. The van der Waals surface area contributed by atoms with Crippen LogP contribution in [0.1, 0.15) is 23.4 Å². The van der Waals surface area contributed by atoms with Crippen LogP contribution in [0.4, 0.5) is 4.39 Å². The summed E-state index contributed by atoms with van der Waals surface area (Å²) < 4.78 is 15.3. The summed E-state index contributed by atoms with van der Waals surface area (Å²) in [4.78, 5) is 1.26. The van der Waals surface area contributed by atoms with Gasteiger partial charge in [0.25, 0.3) is 0 Å². The van der Waals surface area contributed by atoms with E-state index in [1.807, 2.05) is 6.07 Å². The van der Waals surface area contributed by atoms with Gasteiger partial charge in [-0.25, -0.2) is 4.39 Å². The van der Waals surface area contributed by atoms with Crippen LogP contribution in [0, 0.1) is 5.82 Å². The van der Waals surface area contributed by atoms with Gasteiger partial charge >= 0.3 is 0 Å². The third kappa shape index (κ3) is 4.38. The Morgan fingerprint density at radius 2 is 2.00 bits per heavy atom. The zero-order chi connectivity index (χ0) is 13.8. The SMILES string of the molecule is CCNC(Cc1cc(F)cc(Br)c1)c1cc(Br)cs1. The number of hydrogen-bond acceptors (Lipinski definition) is 2. The van der Waals surface area contributed by atoms with Crippen LogP contribution in [-0.4, -0.2) is 6.54 Å². The Hall–Kier alpha value is -0.230. The molecule has 1 nitrogen and oxygen atoms in total. The van der Waals surface area contributed by atoms with E-state index < -0.39 is 0 Å². The molecule has 2 rings (SSSR count). The minimum atomic E-state index is -0.202. The van der Waals surface area contributed by atoms with Crippen molar-refractivity contribution in [1.29, 1.82) is 0 Å². The topological polar surface area (TPSA) is 12.0 Å². The molecule has 1 atom stereocenters. The van der Waals surface area contributed by atoms with Crippen LogP contribution >= 0.6 is 43.2 Å². The Morgan fingerprint density at radius 1 is 1.21 bits per heavy atom. The quantitative estimate of drug-likeness (QED) is 0.709. The fourth-order valence-corrected chi connectivity index (χ4v) is 4.03. The Labute approximate surface area is 133 Å². The van der Waals surface area contributed by atoms with Gasteiger partial charge in [-0.3, -0.25) is 0 Å². The minimum absolute atomic E-state index is 0.202. The normalized spacial score (nSPS) is 12.6. The second kappa shape index (κ2) is 6.97. The third-order valence-electron chi connectivity index (χ3n) is 2.74. The molecule has 0 saturated carbocycles. The van der Waals surface area contributed by atoms with Crippen molar-refractivity contribution < 1.29 is 4.39 Å². The molecular formula is C14H14Br2FNS. The Balaban J connectivity index is 2.20. The second-order valence-electron chi connectivity index (χ2n) is 4.26. The first-order valence-electron chi connectivity index (χ1n) is 6.00. The Kier molecular flexibility index (Phi) is 5.57. The van der Waals surface area contributed by atoms with Crippen molar-refractivity contribution in [3.05, 3.63) is 54.8 Å². The summed E-state index contributed by atoms with van der Waals surface area (Å²) in [6.07, 6.45) is 0.775. The fraction of sp³-hybridized carbons (Fsp3) is 0.286. The van der Waals surface area contributed by atoms with Crippen LogP contribution in [0.25, 0.3) is 0 Å². The lowest BCUT2D eigenvalue weighted by molar-refractivity contribution is 0.554. The van der Waals surface area contributed by atoms with Gasteiger partial charge in [0.1, 0.15) is 5.82 Å². The van der Waals surface area contributed by atoms with E-state index in [0.29, 0.717) is 0 Å². The molecule has 0 saturated heterocycles. The largest absolute Gasteiger partial charge is 0.309 e. The zero-order valence-electron chi connectivity index (χ0n) is 10.4. The Morgan fingerprint density at radius 3 is 2.58 bits per heavy atom. The van der Waals surface area contributed by atoms with Crippen molar-refractivity contribution in [3.63, 3.8) is 0 Å². The number of thiophene rings is 1. The molecule has 0 amide bonds. The van der Waals surface area contributed by atoms with Crippen LogP contribution in [0.15, 0.2) is 38.6 Å². The van der Waals surface area contributed by atoms with E-state index >= 15 is 0 Å². The van der Waals surface area contributed by atoms with Gasteiger partial charge in [0.15, 0.2) is 0 Å². The van der Waals surface area contributed by atoms with Crippen molar-refractivity contribution in [3.8, 4) is 0 Å². The number of benzene rings is 1. The molecule has 0 fully saturated rings. The molecule has 0 bridgehead atoms. The van der Waals surface area contributed by atoms with Gasteiger partial charge in [0.2, 0.25) is 0 Å². The summed E-state index contributed by atoms with van der Waals surface area (Å²) in [5.74, 6) is -0.202. The maximum atomic E-state index is 13.4. The van der Waals surface area contributed by atoms with Gasteiger partial charge in [-0.15, -0.1) is 11.3 Å². The third-order valence-corrected chi connectivity index (χ3v) is 5.01. The molecule has 1 aromatic carbocycles. The highest BCUT2D eigenvalue weighted by atomic mass is 79.9. The lowest BCUT2D eigenvalue weighted by Gasteiger charge is -2.16. The van der Waals surface area contributed by atoms with Crippen LogP contribution < -0.4 is 5.32 Å². The van der Waals surface area contributed by atoms with Gasteiger partial charge in [0.05, 0.1) is 0 Å². The lowest BCUT2D eigenvalue weighted by Crippen LogP contribution is -2.22. The molecule has 1 heterocycles. The number of nitrogens with one attached hydrogen (secondary N) is 1. The molecule has 1 unspecified atom stereocenters. The van der Waals surface area contributed by atoms with Crippen LogP contribution in [0.3, 0.4) is 0 Å². The lowest BCUT2D eigenvalue weighted by atomic mass is 10.0. The standard InChI is InChI=1S/C14H14Br2FNS/c1-2-18-13(14-7-11(16)8-19-14)5-9-3-10(15)6-12(17)4-9/h3-4,6-8,13,18H,2,5H2,1H3. The molecule has 0 radical (unpaired) electrons. The molecule has 102 valence electrons. The predicted molar refractivity (Wildman–Crippen MR) is 86.2 cm³/mol. The molecule has 0 aliphatic carbocycles. The highest BCUT2D eigenvalue weighted by Crippen LogP contribution is 2.28. The molecule has 1 N–H and O–H groups in total. The first-order valence-corrected chi connectivity index (χ1v) is 8.47. The monoisotopic (exact) mass is 405 g/mol. The average molecular weight is 407 g/mol. The van der Waals surface area contributed by atoms with E-state index in [0.717, 1.165) is 27.5 Å². The van der Waals surface area contributed by atoms with E-state index in [9.17, 15) is 4.39 Å². The summed E-state index contributed by atoms with van der Waals surface area (Å²) in [5.41, 5.74) is 0.988. The van der Waals surface area contributed by atoms with Crippen molar-refractivity contribution in [2.75, 3.05) is 6.54 Å². The van der Waals surface area contributed by atoms with Gasteiger partial charge in [-0.05, 0) is 58.7 Å². The van der Waals surface area contributed by atoms with Crippen LogP contribution in [0.5, 0.6) is 0 Å². The van der Waals surface area contributed by atoms with Crippen molar-refractivity contribution in [1.82, 2.24) is 5.32 Å². The Bertz CT molecular complexity index is 536. The van der Waals surface area contributed by atoms with Gasteiger partial charge in [-0.1, -0.05) is 22.9 Å². The molecule has 19 heavy (non-hydrogen) atoms. The maximum absolute atomic E-state index is 13.4. The molecular weight excluding hydrogens is 393 g/mol. The van der Waals surface area contributed by atoms with Crippen molar-refractivity contribution in [2.45, 2.75) is 19.4 Å². The second-order valence-corrected chi connectivity index (χ2v) is 7.03. The van der Waals surface area contributed by atoms with E-state index in [1.54, 1.807) is 17.4 Å². The summed E-state index contributed by atoms with van der Waals surface area (Å²) in [5, 5.41) is 5.52. The molecule has 2 aromatic rings. The predicted octanol–water partition coefficient (Wildman–Crippen LogP) is 5.31. The van der Waals surface area contributed by atoms with Crippen LogP contribution in [-0.2, 0) is 6.42 Å². The molecule has 0 spiro atoms. The first-order chi connectivity index (χ1) is 9.08. The molecule has 0 aliphatic heterocycles. The molecule has 0 aliphatic rings. The number of rotatable bonds is 5. The van der Waals surface area contributed by atoms with Gasteiger partial charge in [0, 0.05) is 25.2 Å². The summed E-state index contributed by atoms with van der Waals surface area (Å²) in [6, 6.07) is 7.38. The van der Waals surface area contributed by atoms with Gasteiger partial charge in [-0.2, -0.15) is 0 Å². The van der Waals surface area contributed by atoms with E-state index in [1.165, 1.54) is 10.9 Å². The summed E-state index contributed by atoms with van der Waals surface area (Å²) in [7, 11) is 0. The van der Waals surface area contributed by atoms with E-state index in [-0.39, 0.29) is 11.9 Å². The zero-order valence-corrected chi connectivity index (χ0v) is 14.4. The van der Waals surface area contributed by atoms with Crippen LogP contribution in [0.2, 0.25) is 0 Å². The highest BCUT2D eigenvalue weighted by Gasteiger charge is 2.14. The average Bonchev–Trinajstić information content (AvgIpc) is 2.74. The highest BCUT2D eigenvalue weighted by molar-refractivity contribution is 9.10. The van der Waals surface area contributed by atoms with Gasteiger partial charge < -0.3 is 5.32 Å². The number of hydrogen-bond donors (Lipinski definition) is 1. The van der Waals surface area contributed by atoms with Crippen molar-refractivity contribution in [2.24, 2.45) is 0 Å². The summed E-state index contributed by atoms with van der Waals surface area (Å²) in [6.45, 7) is 2.97. The van der Waals surface area contributed by atoms with E-state index in [2.05, 4.69) is 55.5 Å². The summed E-state index contributed by atoms with van der Waals surface area (Å²) >= 11 is 8.52. The van der Waals surface area contributed by atoms with E-state index in [4.69, 9.17) is 0 Å². The number of halogens is 3. The number of likely N-dealkylation sites (N-methyl/N-ethyl adjacent to an activating group) is 1. The maximum Gasteiger partial charge on any atom is 0.124 e. The molecule has 1 aromatic heterocycles. The molecule has 5 heteroatoms. The smallest absolute Gasteiger partial charge is 0.124 e. The minimum Gasteiger partial charge on any atom is -0.309 e. The first kappa shape index (κ1) is 15.2.